The summed E-state index contributed by atoms with van der Waals surface area (Å²) < 4.78 is 0. The van der Waals surface area contributed by atoms with Gasteiger partial charge < -0.3 is 0 Å². The highest BCUT2D eigenvalue weighted by molar-refractivity contribution is 8.00. The molecule has 1 aromatic carbocycles. The molecule has 1 aliphatic rings. The van der Waals surface area contributed by atoms with Crippen LogP contribution in [0.5, 0.6) is 0 Å². The van der Waals surface area contributed by atoms with Crippen LogP contribution in [0.2, 0.25) is 0 Å². The second kappa shape index (κ2) is 9.14. The van der Waals surface area contributed by atoms with Crippen LogP contribution in [0.15, 0.2) is 35.2 Å². The third-order valence-corrected chi connectivity index (χ3v) is 5.28. The largest absolute Gasteiger partial charge is 0.109 e. The molecule has 0 heterocycles. The fourth-order valence-corrected chi connectivity index (χ4v) is 3.98. The third kappa shape index (κ3) is 5.25. The van der Waals surface area contributed by atoms with Crippen LogP contribution < -0.4 is 0 Å². The van der Waals surface area contributed by atoms with E-state index < -0.39 is 0 Å². The lowest BCUT2D eigenvalue weighted by Crippen LogP contribution is -2.18. The Labute approximate surface area is 128 Å². The Morgan fingerprint density at radius 3 is 2.60 bits per heavy atom. The number of thioether (sulfide) groups is 1. The lowest BCUT2D eigenvalue weighted by molar-refractivity contribution is 0.371. The Kier molecular flexibility index (Phi) is 7.09. The van der Waals surface area contributed by atoms with Crippen LogP contribution in [0.1, 0.15) is 58.3 Å². The van der Waals surface area contributed by atoms with Gasteiger partial charge in [0.15, 0.2) is 0 Å². The Morgan fingerprint density at radius 2 is 1.90 bits per heavy atom. The summed E-state index contributed by atoms with van der Waals surface area (Å²) in [5.41, 5.74) is 0. The molecule has 0 bridgehead atoms. The molecule has 0 saturated heterocycles. The van der Waals surface area contributed by atoms with Crippen molar-refractivity contribution in [2.24, 2.45) is 5.92 Å². The molecule has 0 spiro atoms. The monoisotopic (exact) mass is 286 g/mol. The maximum Gasteiger partial charge on any atom is 0.0732 e. The Morgan fingerprint density at radius 1 is 1.15 bits per heavy atom. The van der Waals surface area contributed by atoms with Gasteiger partial charge in [-0.25, -0.2) is 0 Å². The van der Waals surface area contributed by atoms with E-state index in [4.69, 9.17) is 0 Å². The predicted octanol–water partition coefficient (Wildman–Crippen LogP) is 5.92. The first-order chi connectivity index (χ1) is 9.90. The van der Waals surface area contributed by atoms with Crippen molar-refractivity contribution in [3.8, 4) is 11.8 Å². The van der Waals surface area contributed by atoms with Gasteiger partial charge in [0.2, 0.25) is 0 Å². The molecule has 20 heavy (non-hydrogen) atoms. The first-order valence-electron chi connectivity index (χ1n) is 8.10. The van der Waals surface area contributed by atoms with Crippen molar-refractivity contribution < 1.29 is 0 Å². The Hall–Kier alpha value is -0.870. The van der Waals surface area contributed by atoms with Crippen LogP contribution in [0.3, 0.4) is 0 Å². The standard InChI is InChI=1S/C19H26S/c1-2-3-4-11-16-19(17-12-7-5-8-13-17)20-18-14-9-6-10-15-18/h6,9-10,14-15,17,19H,2-5,7-8,12-13H2,1H3. The van der Waals surface area contributed by atoms with Gasteiger partial charge in [0.25, 0.3) is 0 Å². The van der Waals surface area contributed by atoms with E-state index >= 15 is 0 Å². The molecule has 0 aliphatic heterocycles. The smallest absolute Gasteiger partial charge is 0.0732 e. The van der Waals surface area contributed by atoms with Gasteiger partial charge in [0.1, 0.15) is 0 Å². The fourth-order valence-electron chi connectivity index (χ4n) is 2.76. The third-order valence-electron chi connectivity index (χ3n) is 3.98. The maximum absolute atomic E-state index is 3.59. The highest BCUT2D eigenvalue weighted by Gasteiger charge is 2.22. The van der Waals surface area contributed by atoms with E-state index in [9.17, 15) is 0 Å². The van der Waals surface area contributed by atoms with Crippen molar-refractivity contribution in [3.63, 3.8) is 0 Å². The lowest BCUT2D eigenvalue weighted by Gasteiger charge is -2.26. The Balaban J connectivity index is 2.00. The molecule has 1 unspecified atom stereocenters. The van der Waals surface area contributed by atoms with Gasteiger partial charge >= 0.3 is 0 Å². The van der Waals surface area contributed by atoms with Gasteiger partial charge in [0.05, 0.1) is 5.25 Å². The minimum atomic E-state index is 0.495. The van der Waals surface area contributed by atoms with E-state index in [2.05, 4.69) is 49.1 Å². The molecular weight excluding hydrogens is 260 g/mol. The van der Waals surface area contributed by atoms with E-state index in [-0.39, 0.29) is 0 Å². The highest BCUT2D eigenvalue weighted by atomic mass is 32.2. The van der Waals surface area contributed by atoms with E-state index in [0.29, 0.717) is 5.25 Å². The summed E-state index contributed by atoms with van der Waals surface area (Å²) in [6.07, 6.45) is 10.5. The van der Waals surface area contributed by atoms with Gasteiger partial charge in [-0.1, -0.05) is 56.7 Å². The summed E-state index contributed by atoms with van der Waals surface area (Å²) in [5, 5.41) is 0.495. The first kappa shape index (κ1) is 15.5. The average molecular weight is 286 g/mol. The molecule has 108 valence electrons. The molecule has 2 rings (SSSR count). The van der Waals surface area contributed by atoms with E-state index in [1.165, 1.54) is 49.8 Å². The van der Waals surface area contributed by atoms with Gasteiger partial charge in [-0.15, -0.1) is 17.7 Å². The Bertz CT molecular complexity index is 420. The molecule has 1 atom stereocenters. The summed E-state index contributed by atoms with van der Waals surface area (Å²) in [5.74, 6) is 7.81. The van der Waals surface area contributed by atoms with Gasteiger partial charge in [0, 0.05) is 11.3 Å². The topological polar surface area (TPSA) is 0 Å². The molecule has 0 aromatic heterocycles. The molecule has 0 nitrogen and oxygen atoms in total. The van der Waals surface area contributed by atoms with Gasteiger partial charge in [-0.2, -0.15) is 0 Å². The summed E-state index contributed by atoms with van der Waals surface area (Å²) in [7, 11) is 0. The number of unbranched alkanes of at least 4 members (excludes halogenated alkanes) is 2. The normalized spacial score (nSPS) is 17.2. The summed E-state index contributed by atoms with van der Waals surface area (Å²) >= 11 is 1.98. The van der Waals surface area contributed by atoms with Crippen LogP contribution in [0.4, 0.5) is 0 Å². The average Bonchev–Trinajstić information content (AvgIpc) is 2.52. The molecule has 1 heteroatoms. The van der Waals surface area contributed by atoms with E-state index in [1.54, 1.807) is 0 Å². The fraction of sp³-hybridized carbons (Fsp3) is 0.579. The zero-order valence-electron chi connectivity index (χ0n) is 12.6. The van der Waals surface area contributed by atoms with Crippen LogP contribution in [0, 0.1) is 17.8 Å². The highest BCUT2D eigenvalue weighted by Crippen LogP contribution is 2.35. The minimum Gasteiger partial charge on any atom is -0.109 e. The van der Waals surface area contributed by atoms with Crippen molar-refractivity contribution in [1.82, 2.24) is 0 Å². The second-order valence-electron chi connectivity index (χ2n) is 5.67. The molecule has 1 fully saturated rings. The van der Waals surface area contributed by atoms with Crippen molar-refractivity contribution in [2.45, 2.75) is 68.4 Å². The van der Waals surface area contributed by atoms with Crippen molar-refractivity contribution in [2.75, 3.05) is 0 Å². The van der Waals surface area contributed by atoms with Gasteiger partial charge in [-0.3, -0.25) is 0 Å². The minimum absolute atomic E-state index is 0.495. The van der Waals surface area contributed by atoms with Gasteiger partial charge in [-0.05, 0) is 37.3 Å². The summed E-state index contributed by atoms with van der Waals surface area (Å²) in [6.45, 7) is 2.24. The molecular formula is C19H26S. The van der Waals surface area contributed by atoms with E-state index in [1.807, 2.05) is 11.8 Å². The molecule has 1 aromatic rings. The first-order valence-corrected chi connectivity index (χ1v) is 8.98. The molecule has 1 aliphatic carbocycles. The summed E-state index contributed by atoms with van der Waals surface area (Å²) in [4.78, 5) is 1.37. The van der Waals surface area contributed by atoms with E-state index in [0.717, 1.165) is 12.3 Å². The number of hydrogen-bond donors (Lipinski definition) is 0. The quantitative estimate of drug-likeness (QED) is 0.368. The number of hydrogen-bond acceptors (Lipinski definition) is 1. The lowest BCUT2D eigenvalue weighted by atomic mass is 9.87. The molecule has 1 saturated carbocycles. The van der Waals surface area contributed by atoms with Crippen LogP contribution in [-0.2, 0) is 0 Å². The van der Waals surface area contributed by atoms with Crippen LogP contribution in [-0.4, -0.2) is 5.25 Å². The zero-order valence-corrected chi connectivity index (χ0v) is 13.4. The maximum atomic E-state index is 3.59. The number of benzene rings is 1. The molecule has 0 radical (unpaired) electrons. The van der Waals surface area contributed by atoms with Crippen molar-refractivity contribution in [3.05, 3.63) is 30.3 Å². The summed E-state index contributed by atoms with van der Waals surface area (Å²) in [6, 6.07) is 10.8. The zero-order chi connectivity index (χ0) is 14.0. The second-order valence-corrected chi connectivity index (χ2v) is 6.89. The van der Waals surface area contributed by atoms with Crippen LogP contribution >= 0.6 is 11.8 Å². The predicted molar refractivity (Wildman–Crippen MR) is 90.0 cm³/mol. The van der Waals surface area contributed by atoms with Crippen molar-refractivity contribution in [1.29, 1.82) is 0 Å². The molecule has 0 amide bonds. The van der Waals surface area contributed by atoms with Crippen LogP contribution in [0.25, 0.3) is 0 Å². The SMILES string of the molecule is CCCCC#CC(Sc1ccccc1)C1CCCCC1. The van der Waals surface area contributed by atoms with Crippen molar-refractivity contribution >= 4 is 11.8 Å². The molecule has 0 N–H and O–H groups in total. The number of rotatable bonds is 5.